The summed E-state index contributed by atoms with van der Waals surface area (Å²) in [5.41, 5.74) is 0.947. The largest absolute Gasteiger partial charge is 0.480 e. The first kappa shape index (κ1) is 29.0. The van der Waals surface area contributed by atoms with Crippen molar-refractivity contribution in [2.45, 2.75) is 33.3 Å². The minimum atomic E-state index is -0.897. The van der Waals surface area contributed by atoms with E-state index in [1.165, 1.54) is 0 Å². The summed E-state index contributed by atoms with van der Waals surface area (Å²) in [5, 5.41) is 11.2. The van der Waals surface area contributed by atoms with E-state index in [9.17, 15) is 19.2 Å². The molecular weight excluding hydrogens is 420 g/mol. The van der Waals surface area contributed by atoms with E-state index in [4.69, 9.17) is 14.6 Å². The summed E-state index contributed by atoms with van der Waals surface area (Å²) in [6, 6.07) is 9.46. The van der Waals surface area contributed by atoms with Crippen molar-refractivity contribution in [3.63, 3.8) is 0 Å². The third-order valence-electron chi connectivity index (χ3n) is 3.73. The summed E-state index contributed by atoms with van der Waals surface area (Å²) in [4.78, 5) is 45.0. The lowest BCUT2D eigenvalue weighted by atomic mass is 10.2. The molecule has 0 bridgehead atoms. The topological polar surface area (TPSA) is 131 Å². The second-order valence-electron chi connectivity index (χ2n) is 6.56. The van der Waals surface area contributed by atoms with Crippen LogP contribution in [0.4, 0.5) is 0 Å². The monoisotopic (exact) mass is 454 g/mol. The zero-order valence-corrected chi connectivity index (χ0v) is 19.0. The van der Waals surface area contributed by atoms with Gasteiger partial charge in [-0.2, -0.15) is 0 Å². The molecule has 1 aromatic carbocycles. The van der Waals surface area contributed by atoms with Gasteiger partial charge in [0, 0.05) is 13.1 Å². The van der Waals surface area contributed by atoms with Crippen molar-refractivity contribution in [2.24, 2.45) is 0 Å². The molecule has 0 heterocycles. The van der Waals surface area contributed by atoms with E-state index in [0.717, 1.165) is 5.56 Å². The number of carbonyl (C=O) groups is 4. The third kappa shape index (κ3) is 17.8. The van der Waals surface area contributed by atoms with Gasteiger partial charge in [0.1, 0.15) is 6.61 Å². The minimum Gasteiger partial charge on any atom is -0.480 e. The number of likely N-dealkylation sites (N-methyl/N-ethyl adjacent to an activating group) is 1. The number of benzene rings is 1. The normalized spacial score (nSPS) is 10.0. The van der Waals surface area contributed by atoms with Crippen LogP contribution in [0.25, 0.3) is 0 Å². The van der Waals surface area contributed by atoms with E-state index in [1.54, 1.807) is 25.8 Å². The Morgan fingerprint density at radius 1 is 0.906 bits per heavy atom. The average Bonchev–Trinajstić information content (AvgIpc) is 2.75. The number of rotatable bonds is 14. The fraction of sp³-hybridized carbons (Fsp3) is 0.545. The molecule has 0 aliphatic carbocycles. The number of nitrogens with zero attached hydrogens (tertiary/aromatic N) is 1. The molecule has 0 fully saturated rings. The second-order valence-corrected chi connectivity index (χ2v) is 6.56. The fourth-order valence-electron chi connectivity index (χ4n) is 2.23. The highest BCUT2D eigenvalue weighted by atomic mass is 16.5. The third-order valence-corrected chi connectivity index (χ3v) is 3.73. The number of ether oxygens (including phenoxy) is 3. The molecule has 0 aromatic heterocycles. The lowest BCUT2D eigenvalue weighted by molar-refractivity contribution is -0.145. The molecule has 10 nitrogen and oxygen atoms in total. The molecule has 2 N–H and O–H groups in total. The SMILES string of the molecule is CCOC(=O)CCN(C)CC(=O)O.CCOC(=O)CCNCC(=O)OCc1ccccc1. The maximum atomic E-state index is 11.4. The van der Waals surface area contributed by atoms with E-state index in [-0.39, 0.29) is 50.4 Å². The molecule has 1 rings (SSSR count). The molecule has 0 radical (unpaired) electrons. The molecule has 0 saturated carbocycles. The average molecular weight is 455 g/mol. The molecule has 0 aliphatic rings. The van der Waals surface area contributed by atoms with E-state index in [2.05, 4.69) is 10.1 Å². The number of carboxylic acids is 1. The van der Waals surface area contributed by atoms with Crippen molar-refractivity contribution < 1.29 is 38.5 Å². The molecule has 0 atom stereocenters. The molecule has 1 aromatic rings. The van der Waals surface area contributed by atoms with Gasteiger partial charge < -0.3 is 24.6 Å². The second kappa shape index (κ2) is 18.8. The van der Waals surface area contributed by atoms with E-state index < -0.39 is 5.97 Å². The fourth-order valence-corrected chi connectivity index (χ4v) is 2.23. The number of nitrogens with one attached hydrogen (secondary N) is 1. The molecule has 10 heteroatoms. The Morgan fingerprint density at radius 2 is 1.50 bits per heavy atom. The van der Waals surface area contributed by atoms with Crippen molar-refractivity contribution in [1.29, 1.82) is 0 Å². The van der Waals surface area contributed by atoms with Crippen LogP contribution in [0.15, 0.2) is 30.3 Å². The number of hydrogen-bond donors (Lipinski definition) is 2. The van der Waals surface area contributed by atoms with Crippen molar-refractivity contribution in [2.75, 3.05) is 46.4 Å². The van der Waals surface area contributed by atoms with Gasteiger partial charge in [0.05, 0.1) is 39.1 Å². The van der Waals surface area contributed by atoms with Gasteiger partial charge >= 0.3 is 23.9 Å². The van der Waals surface area contributed by atoms with Gasteiger partial charge in [-0.15, -0.1) is 0 Å². The minimum absolute atomic E-state index is 0.0561. The van der Waals surface area contributed by atoms with Gasteiger partial charge in [0.2, 0.25) is 0 Å². The predicted molar refractivity (Wildman–Crippen MR) is 117 cm³/mol. The number of carboxylic acid groups (broad SMARTS) is 1. The van der Waals surface area contributed by atoms with Crippen molar-refractivity contribution in [3.05, 3.63) is 35.9 Å². The Balaban J connectivity index is 0.000000649. The number of carbonyl (C=O) groups excluding carboxylic acids is 3. The molecular formula is C22H34N2O8. The van der Waals surface area contributed by atoms with Crippen molar-refractivity contribution in [3.8, 4) is 0 Å². The standard InChI is InChI=1S/C14H19NO4.C8H15NO4/c1-2-18-13(16)8-9-15-10-14(17)19-11-12-6-4-3-5-7-12;1-3-13-8(12)4-5-9(2)6-7(10)11/h3-7,15H,2,8-11H2,1H3;3-6H2,1-2H3,(H,10,11). The highest BCUT2D eigenvalue weighted by Gasteiger charge is 2.07. The van der Waals surface area contributed by atoms with Gasteiger partial charge in [-0.1, -0.05) is 30.3 Å². The van der Waals surface area contributed by atoms with Crippen LogP contribution in [0.1, 0.15) is 32.3 Å². The molecule has 0 aliphatic heterocycles. The summed E-state index contributed by atoms with van der Waals surface area (Å²) in [6.45, 7) is 5.33. The number of aliphatic carboxylic acids is 1. The van der Waals surface area contributed by atoms with Crippen LogP contribution in [0, 0.1) is 0 Å². The molecule has 180 valence electrons. The Kier molecular flexibility index (Phi) is 17.0. The van der Waals surface area contributed by atoms with Crippen LogP contribution in [0.5, 0.6) is 0 Å². The van der Waals surface area contributed by atoms with Gasteiger partial charge in [-0.05, 0) is 26.5 Å². The summed E-state index contributed by atoms with van der Waals surface area (Å²) >= 11 is 0. The highest BCUT2D eigenvalue weighted by molar-refractivity contribution is 5.72. The van der Waals surface area contributed by atoms with E-state index in [0.29, 0.717) is 26.3 Å². The van der Waals surface area contributed by atoms with Gasteiger partial charge in [0.25, 0.3) is 0 Å². The lowest BCUT2D eigenvalue weighted by Crippen LogP contribution is -2.28. The Hall–Kier alpha value is -2.98. The molecule has 32 heavy (non-hydrogen) atoms. The smallest absolute Gasteiger partial charge is 0.320 e. The van der Waals surface area contributed by atoms with Crippen LogP contribution >= 0.6 is 0 Å². The van der Waals surface area contributed by atoms with E-state index >= 15 is 0 Å². The first-order valence-corrected chi connectivity index (χ1v) is 10.4. The maximum Gasteiger partial charge on any atom is 0.320 e. The van der Waals surface area contributed by atoms with Crippen LogP contribution in [0.3, 0.4) is 0 Å². The summed E-state index contributed by atoms with van der Waals surface area (Å²) in [6.07, 6.45) is 0.484. The first-order chi connectivity index (χ1) is 15.3. The van der Waals surface area contributed by atoms with E-state index in [1.807, 2.05) is 30.3 Å². The summed E-state index contributed by atoms with van der Waals surface area (Å²) < 4.78 is 14.5. The van der Waals surface area contributed by atoms with Crippen LogP contribution in [0.2, 0.25) is 0 Å². The zero-order valence-electron chi connectivity index (χ0n) is 19.0. The van der Waals surface area contributed by atoms with Gasteiger partial charge in [-0.25, -0.2) is 0 Å². The van der Waals surface area contributed by atoms with Gasteiger partial charge in [0.15, 0.2) is 0 Å². The van der Waals surface area contributed by atoms with Crippen LogP contribution < -0.4 is 5.32 Å². The number of esters is 3. The highest BCUT2D eigenvalue weighted by Crippen LogP contribution is 2.00. The molecule has 0 unspecified atom stereocenters. The Labute approximate surface area is 188 Å². The molecule has 0 spiro atoms. The predicted octanol–water partition coefficient (Wildman–Crippen LogP) is 1.23. The molecule has 0 saturated heterocycles. The van der Waals surface area contributed by atoms with Crippen molar-refractivity contribution >= 4 is 23.9 Å². The lowest BCUT2D eigenvalue weighted by Gasteiger charge is -2.12. The quantitative estimate of drug-likeness (QED) is 0.240. The molecule has 0 amide bonds. The zero-order chi connectivity index (χ0) is 24.2. The van der Waals surface area contributed by atoms with Crippen molar-refractivity contribution in [1.82, 2.24) is 10.2 Å². The van der Waals surface area contributed by atoms with Crippen LogP contribution in [-0.2, 0) is 40.0 Å². The number of hydrogen-bond acceptors (Lipinski definition) is 9. The summed E-state index contributed by atoms with van der Waals surface area (Å²) in [5.74, 6) is -1.80. The Morgan fingerprint density at radius 3 is 2.06 bits per heavy atom. The van der Waals surface area contributed by atoms with Crippen LogP contribution in [-0.4, -0.2) is 80.3 Å². The Bertz CT molecular complexity index is 682. The first-order valence-electron chi connectivity index (χ1n) is 10.4. The maximum absolute atomic E-state index is 11.4. The summed E-state index contributed by atoms with van der Waals surface area (Å²) in [7, 11) is 1.65. The van der Waals surface area contributed by atoms with Gasteiger partial charge in [-0.3, -0.25) is 24.1 Å².